The topological polar surface area (TPSA) is 131 Å². The Morgan fingerprint density at radius 2 is 2.25 bits per heavy atom. The number of hydrogen-bond donors (Lipinski definition) is 3. The molecule has 1 heterocycles. The van der Waals surface area contributed by atoms with Crippen LogP contribution in [0.3, 0.4) is 0 Å². The van der Waals surface area contributed by atoms with Crippen LogP contribution in [-0.2, 0) is 4.79 Å². The number of fused-ring (bicyclic) bond motifs is 1. The molecule has 0 bridgehead atoms. The van der Waals surface area contributed by atoms with Gasteiger partial charge in [-0.05, 0) is 18.2 Å². The van der Waals surface area contributed by atoms with Crippen LogP contribution in [0.5, 0.6) is 0 Å². The highest BCUT2D eigenvalue weighted by atomic mass is 16.6. The zero-order valence-corrected chi connectivity index (χ0v) is 10.3. The van der Waals surface area contributed by atoms with Crippen LogP contribution in [0.25, 0.3) is 10.9 Å². The molecule has 1 aromatic carbocycles. The summed E-state index contributed by atoms with van der Waals surface area (Å²) in [4.78, 5) is 25.2. The number of benzene rings is 1. The van der Waals surface area contributed by atoms with E-state index in [1.807, 2.05) is 0 Å². The van der Waals surface area contributed by atoms with E-state index in [0.29, 0.717) is 11.1 Å². The van der Waals surface area contributed by atoms with Crippen LogP contribution in [0.1, 0.15) is 0 Å². The number of non-ortho nitro benzene ring substituents is 1. The maximum absolute atomic E-state index is 10.9. The van der Waals surface area contributed by atoms with Crippen LogP contribution in [0, 0.1) is 10.1 Å². The molecule has 20 heavy (non-hydrogen) atoms. The highest BCUT2D eigenvalue weighted by Crippen LogP contribution is 2.29. The Labute approximate surface area is 113 Å². The average Bonchev–Trinajstić information content (AvgIpc) is 2.43. The van der Waals surface area contributed by atoms with Gasteiger partial charge < -0.3 is 16.2 Å². The summed E-state index contributed by atoms with van der Waals surface area (Å²) in [6, 6.07) is 6.11. The van der Waals surface area contributed by atoms with E-state index >= 15 is 0 Å². The molecule has 0 aliphatic carbocycles. The first kappa shape index (κ1) is 13.7. The monoisotopic (exact) mass is 276 g/mol. The molecule has 0 aliphatic rings. The highest BCUT2D eigenvalue weighted by Gasteiger charge is 2.16. The first-order chi connectivity index (χ1) is 9.50. The lowest BCUT2D eigenvalue weighted by Crippen LogP contribution is -2.34. The summed E-state index contributed by atoms with van der Waals surface area (Å²) in [6.07, 6.45) is 0.120. The molecule has 8 nitrogen and oxygen atoms in total. The number of nitro groups is 1. The third-order valence-electron chi connectivity index (χ3n) is 2.76. The minimum absolute atomic E-state index is 0.0862. The number of aliphatic hydroxyl groups excluding tert-OH is 1. The van der Waals surface area contributed by atoms with Gasteiger partial charge >= 0.3 is 0 Å². The van der Waals surface area contributed by atoms with E-state index in [9.17, 15) is 20.0 Å². The van der Waals surface area contributed by atoms with E-state index in [4.69, 9.17) is 5.73 Å². The number of hydrogen-bond acceptors (Lipinski definition) is 6. The van der Waals surface area contributed by atoms with Crippen LogP contribution in [0.4, 0.5) is 11.4 Å². The van der Waals surface area contributed by atoms with Crippen LogP contribution in [-0.4, -0.2) is 33.6 Å². The van der Waals surface area contributed by atoms with Gasteiger partial charge in [-0.3, -0.25) is 14.9 Å². The number of aliphatic hydroxyl groups is 1. The SMILES string of the molecule is NC(=O)C(O)CNc1ccc([N+](=O)[O-])c2ncccc12. The van der Waals surface area contributed by atoms with Crippen LogP contribution < -0.4 is 11.1 Å². The fourth-order valence-electron chi connectivity index (χ4n) is 1.77. The summed E-state index contributed by atoms with van der Waals surface area (Å²) >= 11 is 0. The summed E-state index contributed by atoms with van der Waals surface area (Å²) in [5.74, 6) is -0.846. The lowest BCUT2D eigenvalue weighted by Gasteiger charge is -2.11. The predicted octanol–water partition coefficient (Wildman–Crippen LogP) is 0.401. The lowest BCUT2D eigenvalue weighted by molar-refractivity contribution is -0.383. The molecule has 0 saturated heterocycles. The van der Waals surface area contributed by atoms with Gasteiger partial charge in [0.2, 0.25) is 5.91 Å². The maximum Gasteiger partial charge on any atom is 0.295 e. The van der Waals surface area contributed by atoms with E-state index in [-0.39, 0.29) is 17.7 Å². The number of nitrogens with zero attached hydrogens (tertiary/aromatic N) is 2. The molecule has 0 aliphatic heterocycles. The van der Waals surface area contributed by atoms with Crippen molar-refractivity contribution in [2.45, 2.75) is 6.10 Å². The molecule has 1 atom stereocenters. The largest absolute Gasteiger partial charge is 0.381 e. The van der Waals surface area contributed by atoms with Gasteiger partial charge in [0.1, 0.15) is 11.6 Å². The van der Waals surface area contributed by atoms with Crippen molar-refractivity contribution in [3.8, 4) is 0 Å². The Balaban J connectivity index is 2.38. The third-order valence-corrected chi connectivity index (χ3v) is 2.76. The summed E-state index contributed by atoms with van der Waals surface area (Å²) < 4.78 is 0. The molecule has 1 aromatic heterocycles. The predicted molar refractivity (Wildman–Crippen MR) is 72.1 cm³/mol. The number of carbonyl (C=O) groups is 1. The molecule has 8 heteroatoms. The second-order valence-electron chi connectivity index (χ2n) is 4.09. The number of nitro benzene ring substituents is 1. The number of amides is 1. The molecule has 0 radical (unpaired) electrons. The first-order valence-electron chi connectivity index (χ1n) is 5.74. The van der Waals surface area contributed by atoms with Gasteiger partial charge in [-0.2, -0.15) is 0 Å². The molecular weight excluding hydrogens is 264 g/mol. The van der Waals surface area contributed by atoms with Crippen molar-refractivity contribution in [1.82, 2.24) is 4.98 Å². The van der Waals surface area contributed by atoms with Crippen molar-refractivity contribution < 1.29 is 14.8 Å². The Bertz CT molecular complexity index is 674. The lowest BCUT2D eigenvalue weighted by atomic mass is 10.1. The minimum Gasteiger partial charge on any atom is -0.381 e. The number of nitrogens with one attached hydrogen (secondary N) is 1. The zero-order valence-electron chi connectivity index (χ0n) is 10.3. The Hall–Kier alpha value is -2.74. The number of rotatable bonds is 5. The second-order valence-corrected chi connectivity index (χ2v) is 4.09. The first-order valence-corrected chi connectivity index (χ1v) is 5.74. The average molecular weight is 276 g/mol. The fraction of sp³-hybridized carbons (Fsp3) is 0.167. The molecule has 1 amide bonds. The maximum atomic E-state index is 10.9. The van der Waals surface area contributed by atoms with E-state index in [1.54, 1.807) is 12.1 Å². The molecule has 4 N–H and O–H groups in total. The normalized spacial score (nSPS) is 12.1. The quantitative estimate of drug-likeness (QED) is 0.535. The Kier molecular flexibility index (Phi) is 3.76. The van der Waals surface area contributed by atoms with Crippen molar-refractivity contribution in [3.63, 3.8) is 0 Å². The number of anilines is 1. The summed E-state index contributed by atoms with van der Waals surface area (Å²) in [5, 5.41) is 23.6. The van der Waals surface area contributed by atoms with E-state index in [0.717, 1.165) is 0 Å². The van der Waals surface area contributed by atoms with E-state index < -0.39 is 16.9 Å². The van der Waals surface area contributed by atoms with Gasteiger partial charge in [-0.25, -0.2) is 4.98 Å². The molecule has 2 aromatic rings. The Morgan fingerprint density at radius 3 is 2.90 bits per heavy atom. The number of primary amides is 1. The smallest absolute Gasteiger partial charge is 0.295 e. The van der Waals surface area contributed by atoms with Crippen LogP contribution in [0.15, 0.2) is 30.5 Å². The number of carbonyl (C=O) groups excluding carboxylic acids is 1. The molecule has 0 fully saturated rings. The van der Waals surface area contributed by atoms with Gasteiger partial charge in [0.15, 0.2) is 0 Å². The highest BCUT2D eigenvalue weighted by molar-refractivity contribution is 5.97. The van der Waals surface area contributed by atoms with Gasteiger partial charge in [0.05, 0.1) is 4.92 Å². The van der Waals surface area contributed by atoms with E-state index in [1.165, 1.54) is 18.3 Å². The summed E-state index contributed by atoms with van der Waals surface area (Å²) in [5.41, 5.74) is 5.60. The fourth-order valence-corrected chi connectivity index (χ4v) is 1.77. The van der Waals surface area contributed by atoms with Crippen molar-refractivity contribution in [2.24, 2.45) is 5.73 Å². The molecule has 0 spiro atoms. The molecule has 0 saturated carbocycles. The van der Waals surface area contributed by atoms with Crippen molar-refractivity contribution in [2.75, 3.05) is 11.9 Å². The third kappa shape index (κ3) is 2.64. The van der Waals surface area contributed by atoms with Gasteiger partial charge in [-0.1, -0.05) is 0 Å². The van der Waals surface area contributed by atoms with Gasteiger partial charge in [0, 0.05) is 29.9 Å². The number of pyridine rings is 1. The zero-order chi connectivity index (χ0) is 14.7. The van der Waals surface area contributed by atoms with Gasteiger partial charge in [-0.15, -0.1) is 0 Å². The molecule has 104 valence electrons. The van der Waals surface area contributed by atoms with Crippen molar-refractivity contribution in [3.05, 3.63) is 40.6 Å². The molecular formula is C12H12N4O4. The number of aromatic nitrogens is 1. The Morgan fingerprint density at radius 1 is 1.50 bits per heavy atom. The van der Waals surface area contributed by atoms with Gasteiger partial charge in [0.25, 0.3) is 5.69 Å². The standard InChI is InChI=1S/C12H12N4O4/c13-12(18)10(17)6-15-8-3-4-9(16(19)20)11-7(8)2-1-5-14-11/h1-5,10,15,17H,6H2,(H2,13,18). The van der Waals surface area contributed by atoms with Crippen molar-refractivity contribution >= 4 is 28.2 Å². The van der Waals surface area contributed by atoms with E-state index in [2.05, 4.69) is 10.3 Å². The molecule has 1 unspecified atom stereocenters. The van der Waals surface area contributed by atoms with Crippen LogP contribution >= 0.6 is 0 Å². The summed E-state index contributed by atoms with van der Waals surface area (Å²) in [7, 11) is 0. The second kappa shape index (κ2) is 5.49. The minimum atomic E-state index is -1.34. The molecule has 2 rings (SSSR count). The van der Waals surface area contributed by atoms with Crippen LogP contribution in [0.2, 0.25) is 0 Å². The summed E-state index contributed by atoms with van der Waals surface area (Å²) in [6.45, 7) is -0.0862. The number of nitrogens with two attached hydrogens (primary N) is 1. The van der Waals surface area contributed by atoms with Crippen molar-refractivity contribution in [1.29, 1.82) is 0 Å².